The largest absolute Gasteiger partial charge is 0.442 e. The fourth-order valence-corrected chi connectivity index (χ4v) is 2.18. The second-order valence-corrected chi connectivity index (χ2v) is 4.77. The van der Waals surface area contributed by atoms with Crippen molar-refractivity contribution < 1.29 is 4.42 Å². The Kier molecular flexibility index (Phi) is 3.02. The standard InChI is InChI=1S/C14H12N2OS/c1-18-14-15-9-11-8-12(17-13(11)16-14)7-10-5-3-2-4-6-10/h2-6,8-9H,7H2,1H3. The maximum absolute atomic E-state index is 5.75. The van der Waals surface area contributed by atoms with Crippen molar-refractivity contribution in [2.24, 2.45) is 0 Å². The average Bonchev–Trinajstić information content (AvgIpc) is 2.80. The van der Waals surface area contributed by atoms with Crippen molar-refractivity contribution in [3.8, 4) is 0 Å². The van der Waals surface area contributed by atoms with Crippen molar-refractivity contribution in [1.29, 1.82) is 0 Å². The molecular formula is C14H12N2OS. The highest BCUT2D eigenvalue weighted by Gasteiger charge is 2.07. The molecule has 4 heteroatoms. The summed E-state index contributed by atoms with van der Waals surface area (Å²) in [5.74, 6) is 0.920. The number of hydrogen-bond donors (Lipinski definition) is 0. The van der Waals surface area contributed by atoms with E-state index in [2.05, 4.69) is 22.1 Å². The van der Waals surface area contributed by atoms with Gasteiger partial charge in [0.25, 0.3) is 0 Å². The van der Waals surface area contributed by atoms with E-state index in [9.17, 15) is 0 Å². The molecule has 0 atom stereocenters. The molecule has 0 saturated heterocycles. The highest BCUT2D eigenvalue weighted by Crippen LogP contribution is 2.21. The van der Waals surface area contributed by atoms with Gasteiger partial charge in [0.1, 0.15) is 5.76 Å². The van der Waals surface area contributed by atoms with Gasteiger partial charge in [0.05, 0.1) is 5.39 Å². The number of fused-ring (bicyclic) bond motifs is 1. The molecule has 3 aromatic rings. The molecule has 3 rings (SSSR count). The first-order chi connectivity index (χ1) is 8.85. The Hall–Kier alpha value is -1.81. The van der Waals surface area contributed by atoms with Crippen LogP contribution < -0.4 is 0 Å². The van der Waals surface area contributed by atoms with Crippen LogP contribution in [0, 0.1) is 0 Å². The number of rotatable bonds is 3. The quantitative estimate of drug-likeness (QED) is 0.531. The third-order valence-corrected chi connectivity index (χ3v) is 3.27. The molecule has 0 aliphatic rings. The van der Waals surface area contributed by atoms with Gasteiger partial charge in [-0.3, -0.25) is 0 Å². The second kappa shape index (κ2) is 4.82. The molecule has 0 spiro atoms. The van der Waals surface area contributed by atoms with Crippen LogP contribution in [0.2, 0.25) is 0 Å². The van der Waals surface area contributed by atoms with Crippen LogP contribution in [0.4, 0.5) is 0 Å². The second-order valence-electron chi connectivity index (χ2n) is 3.99. The lowest BCUT2D eigenvalue weighted by Gasteiger charge is -1.96. The van der Waals surface area contributed by atoms with Crippen LogP contribution in [0.25, 0.3) is 11.1 Å². The first kappa shape index (κ1) is 11.3. The zero-order chi connectivity index (χ0) is 12.4. The maximum Gasteiger partial charge on any atom is 0.230 e. The van der Waals surface area contributed by atoms with Crippen molar-refractivity contribution in [3.05, 3.63) is 53.9 Å². The zero-order valence-corrected chi connectivity index (χ0v) is 10.8. The fourth-order valence-electron chi connectivity index (χ4n) is 1.85. The Bertz CT molecular complexity index is 664. The van der Waals surface area contributed by atoms with Gasteiger partial charge in [-0.05, 0) is 17.9 Å². The summed E-state index contributed by atoms with van der Waals surface area (Å²) < 4.78 is 5.75. The molecule has 0 fully saturated rings. The smallest absolute Gasteiger partial charge is 0.230 e. The zero-order valence-electron chi connectivity index (χ0n) is 9.96. The van der Waals surface area contributed by atoms with E-state index >= 15 is 0 Å². The van der Waals surface area contributed by atoms with E-state index in [0.717, 1.165) is 22.7 Å². The lowest BCUT2D eigenvalue weighted by molar-refractivity contribution is 0.548. The van der Waals surface area contributed by atoms with E-state index < -0.39 is 0 Å². The Balaban J connectivity index is 1.94. The molecule has 0 aliphatic heterocycles. The highest BCUT2D eigenvalue weighted by atomic mass is 32.2. The minimum absolute atomic E-state index is 0.667. The van der Waals surface area contributed by atoms with Crippen molar-refractivity contribution in [2.75, 3.05) is 6.26 Å². The van der Waals surface area contributed by atoms with Gasteiger partial charge in [-0.1, -0.05) is 42.1 Å². The molecule has 1 aromatic carbocycles. The molecule has 3 nitrogen and oxygen atoms in total. The third-order valence-electron chi connectivity index (χ3n) is 2.71. The number of thioether (sulfide) groups is 1. The molecule has 2 heterocycles. The summed E-state index contributed by atoms with van der Waals surface area (Å²) in [6, 6.07) is 12.3. The molecule has 0 amide bonds. The lowest BCUT2D eigenvalue weighted by Crippen LogP contribution is -1.83. The maximum atomic E-state index is 5.75. The van der Waals surface area contributed by atoms with E-state index in [1.54, 1.807) is 0 Å². The molecule has 0 saturated carbocycles. The Morgan fingerprint density at radius 3 is 2.83 bits per heavy atom. The Morgan fingerprint density at radius 1 is 1.22 bits per heavy atom. The van der Waals surface area contributed by atoms with E-state index in [1.807, 2.05) is 36.7 Å². The van der Waals surface area contributed by atoms with Gasteiger partial charge in [-0.25, -0.2) is 4.98 Å². The monoisotopic (exact) mass is 256 g/mol. The topological polar surface area (TPSA) is 38.9 Å². The number of benzene rings is 1. The van der Waals surface area contributed by atoms with Gasteiger partial charge in [0, 0.05) is 12.6 Å². The van der Waals surface area contributed by atoms with Gasteiger partial charge in [-0.2, -0.15) is 4.98 Å². The summed E-state index contributed by atoms with van der Waals surface area (Å²) in [5, 5.41) is 1.70. The van der Waals surface area contributed by atoms with Crippen molar-refractivity contribution in [2.45, 2.75) is 11.6 Å². The number of nitrogens with zero attached hydrogens (tertiary/aromatic N) is 2. The summed E-state index contributed by atoms with van der Waals surface area (Å²) in [4.78, 5) is 8.58. The molecule has 0 bridgehead atoms. The van der Waals surface area contributed by atoms with Crippen LogP contribution in [-0.4, -0.2) is 16.2 Å². The molecule has 0 unspecified atom stereocenters. The molecule has 0 aliphatic carbocycles. The molecule has 90 valence electrons. The van der Waals surface area contributed by atoms with Crippen LogP contribution in [-0.2, 0) is 6.42 Å². The number of furan rings is 1. The highest BCUT2D eigenvalue weighted by molar-refractivity contribution is 7.98. The van der Waals surface area contributed by atoms with E-state index in [4.69, 9.17) is 4.42 Å². The van der Waals surface area contributed by atoms with Gasteiger partial charge < -0.3 is 4.42 Å². The Labute approximate surface area is 109 Å². The van der Waals surface area contributed by atoms with Gasteiger partial charge in [-0.15, -0.1) is 0 Å². The molecule has 18 heavy (non-hydrogen) atoms. The fraction of sp³-hybridized carbons (Fsp3) is 0.143. The van der Waals surface area contributed by atoms with Crippen LogP contribution in [0.5, 0.6) is 0 Å². The predicted molar refractivity (Wildman–Crippen MR) is 72.8 cm³/mol. The summed E-state index contributed by atoms with van der Waals surface area (Å²) in [5.41, 5.74) is 1.90. The Morgan fingerprint density at radius 2 is 2.06 bits per heavy atom. The van der Waals surface area contributed by atoms with Crippen LogP contribution in [0.15, 0.2) is 52.2 Å². The number of hydrogen-bond acceptors (Lipinski definition) is 4. The predicted octanol–water partition coefficient (Wildman–Crippen LogP) is 3.54. The van der Waals surface area contributed by atoms with Crippen LogP contribution in [0.3, 0.4) is 0 Å². The van der Waals surface area contributed by atoms with Gasteiger partial charge in [0.2, 0.25) is 5.71 Å². The van der Waals surface area contributed by atoms with Crippen molar-refractivity contribution >= 4 is 22.9 Å². The molecule has 0 N–H and O–H groups in total. The molecule has 2 aromatic heterocycles. The third kappa shape index (κ3) is 2.24. The van der Waals surface area contributed by atoms with E-state index in [-0.39, 0.29) is 0 Å². The first-order valence-electron chi connectivity index (χ1n) is 5.68. The molecule has 0 radical (unpaired) electrons. The number of aromatic nitrogens is 2. The van der Waals surface area contributed by atoms with E-state index in [1.165, 1.54) is 17.3 Å². The first-order valence-corrected chi connectivity index (χ1v) is 6.91. The minimum atomic E-state index is 0.667. The summed E-state index contributed by atoms with van der Waals surface area (Å²) in [7, 11) is 0. The van der Waals surface area contributed by atoms with Gasteiger partial charge in [0.15, 0.2) is 5.16 Å². The average molecular weight is 256 g/mol. The summed E-state index contributed by atoms with van der Waals surface area (Å²) in [6.07, 6.45) is 4.55. The normalized spacial score (nSPS) is 10.9. The van der Waals surface area contributed by atoms with E-state index in [0.29, 0.717) is 5.71 Å². The lowest BCUT2D eigenvalue weighted by atomic mass is 10.1. The molecular weight excluding hydrogens is 244 g/mol. The van der Waals surface area contributed by atoms with Gasteiger partial charge >= 0.3 is 0 Å². The SMILES string of the molecule is CSc1ncc2cc(Cc3ccccc3)oc2n1. The van der Waals surface area contributed by atoms with Crippen molar-refractivity contribution in [3.63, 3.8) is 0 Å². The van der Waals surface area contributed by atoms with Crippen LogP contribution >= 0.6 is 11.8 Å². The minimum Gasteiger partial charge on any atom is -0.442 e. The summed E-state index contributed by atoms with van der Waals surface area (Å²) in [6.45, 7) is 0. The van der Waals surface area contributed by atoms with Crippen LogP contribution in [0.1, 0.15) is 11.3 Å². The summed E-state index contributed by atoms with van der Waals surface area (Å²) >= 11 is 1.51. The van der Waals surface area contributed by atoms with Crippen molar-refractivity contribution in [1.82, 2.24) is 9.97 Å².